The zero-order chi connectivity index (χ0) is 15.9. The molecule has 0 saturated carbocycles. The summed E-state index contributed by atoms with van der Waals surface area (Å²) in [5.74, 6) is -0.151. The van der Waals surface area contributed by atoms with Gasteiger partial charge >= 0.3 is 0 Å². The monoisotopic (exact) mass is 314 g/mol. The second-order valence-electron chi connectivity index (χ2n) is 5.26. The van der Waals surface area contributed by atoms with E-state index in [1.165, 1.54) is 11.3 Å². The standard InChI is InChI=1S/C16H18N4OS/c1-5-13-10(3)20-8-12(6-7-14(20)18-13)15(21)19-16-17-9(2)11(4)22-16/h6-8H,5H2,1-4H3,(H,17,19,21). The van der Waals surface area contributed by atoms with Crippen LogP contribution in [0, 0.1) is 20.8 Å². The number of nitrogens with one attached hydrogen (secondary N) is 1. The third-order valence-electron chi connectivity index (χ3n) is 3.80. The fourth-order valence-corrected chi connectivity index (χ4v) is 3.19. The van der Waals surface area contributed by atoms with Gasteiger partial charge in [-0.2, -0.15) is 0 Å². The van der Waals surface area contributed by atoms with Gasteiger partial charge in [0.1, 0.15) is 5.65 Å². The van der Waals surface area contributed by atoms with Crippen LogP contribution in [0.1, 0.15) is 39.2 Å². The van der Waals surface area contributed by atoms with Crippen molar-refractivity contribution in [3.8, 4) is 0 Å². The first-order valence-electron chi connectivity index (χ1n) is 7.22. The van der Waals surface area contributed by atoms with Crippen molar-refractivity contribution in [3.05, 3.63) is 45.9 Å². The van der Waals surface area contributed by atoms with Gasteiger partial charge in [-0.05, 0) is 39.3 Å². The summed E-state index contributed by atoms with van der Waals surface area (Å²) in [6.45, 7) is 8.04. The molecule has 3 rings (SSSR count). The molecule has 0 atom stereocenters. The van der Waals surface area contributed by atoms with Crippen LogP contribution in [0.5, 0.6) is 0 Å². The van der Waals surface area contributed by atoms with E-state index in [4.69, 9.17) is 0 Å². The number of aromatic nitrogens is 3. The minimum atomic E-state index is -0.151. The number of carbonyl (C=O) groups is 1. The molecule has 0 spiro atoms. The van der Waals surface area contributed by atoms with E-state index in [9.17, 15) is 4.79 Å². The molecule has 3 aromatic rings. The Morgan fingerprint density at radius 3 is 2.68 bits per heavy atom. The van der Waals surface area contributed by atoms with Crippen LogP contribution in [0.25, 0.3) is 5.65 Å². The zero-order valence-corrected chi connectivity index (χ0v) is 13.9. The molecule has 114 valence electrons. The lowest BCUT2D eigenvalue weighted by molar-refractivity contribution is 0.102. The molecule has 6 heteroatoms. The van der Waals surface area contributed by atoms with Gasteiger partial charge in [0.2, 0.25) is 0 Å². The predicted molar refractivity (Wildman–Crippen MR) is 88.8 cm³/mol. The summed E-state index contributed by atoms with van der Waals surface area (Å²) in [4.78, 5) is 22.4. The Kier molecular flexibility index (Phi) is 3.70. The van der Waals surface area contributed by atoms with Crippen LogP contribution >= 0.6 is 11.3 Å². The second-order valence-corrected chi connectivity index (χ2v) is 6.46. The van der Waals surface area contributed by atoms with E-state index in [-0.39, 0.29) is 5.91 Å². The van der Waals surface area contributed by atoms with Crippen molar-refractivity contribution in [2.24, 2.45) is 0 Å². The minimum absolute atomic E-state index is 0.151. The smallest absolute Gasteiger partial charge is 0.258 e. The maximum absolute atomic E-state index is 12.4. The molecule has 0 aromatic carbocycles. The molecule has 0 unspecified atom stereocenters. The predicted octanol–water partition coefficient (Wildman–Crippen LogP) is 3.53. The molecule has 0 aliphatic rings. The number of nitrogens with zero attached hydrogens (tertiary/aromatic N) is 3. The van der Waals surface area contributed by atoms with Gasteiger partial charge in [-0.25, -0.2) is 9.97 Å². The van der Waals surface area contributed by atoms with Crippen molar-refractivity contribution in [2.75, 3.05) is 5.32 Å². The summed E-state index contributed by atoms with van der Waals surface area (Å²) in [5.41, 5.74) is 4.55. The van der Waals surface area contributed by atoms with Crippen LogP contribution in [0.15, 0.2) is 18.3 Å². The summed E-state index contributed by atoms with van der Waals surface area (Å²) in [7, 11) is 0. The molecular weight excluding hydrogens is 296 g/mol. The number of fused-ring (bicyclic) bond motifs is 1. The number of hydrogen-bond donors (Lipinski definition) is 1. The highest BCUT2D eigenvalue weighted by Gasteiger charge is 2.13. The Morgan fingerprint density at radius 2 is 2.05 bits per heavy atom. The Balaban J connectivity index is 1.92. The number of aryl methyl sites for hydroxylation is 4. The number of rotatable bonds is 3. The van der Waals surface area contributed by atoms with Gasteiger partial charge in [-0.3, -0.25) is 10.1 Å². The molecule has 1 N–H and O–H groups in total. The highest BCUT2D eigenvalue weighted by atomic mass is 32.1. The van der Waals surface area contributed by atoms with Crippen molar-refractivity contribution in [1.82, 2.24) is 14.4 Å². The lowest BCUT2D eigenvalue weighted by atomic mass is 10.2. The maximum atomic E-state index is 12.4. The molecular formula is C16H18N4OS. The molecule has 5 nitrogen and oxygen atoms in total. The summed E-state index contributed by atoms with van der Waals surface area (Å²) in [5, 5.41) is 3.50. The van der Waals surface area contributed by atoms with Gasteiger partial charge in [0.05, 0.1) is 17.0 Å². The van der Waals surface area contributed by atoms with Gasteiger partial charge in [0.25, 0.3) is 5.91 Å². The highest BCUT2D eigenvalue weighted by molar-refractivity contribution is 7.15. The Bertz CT molecular complexity index is 843. The number of pyridine rings is 1. The van der Waals surface area contributed by atoms with Gasteiger partial charge in [-0.15, -0.1) is 11.3 Å². The molecule has 0 aliphatic heterocycles. The number of hydrogen-bond acceptors (Lipinski definition) is 4. The zero-order valence-electron chi connectivity index (χ0n) is 13.1. The topological polar surface area (TPSA) is 59.3 Å². The second kappa shape index (κ2) is 5.53. The lowest BCUT2D eigenvalue weighted by Crippen LogP contribution is -2.12. The van der Waals surface area contributed by atoms with E-state index in [2.05, 4.69) is 22.2 Å². The Labute approximate surface area is 133 Å². The summed E-state index contributed by atoms with van der Waals surface area (Å²) in [6, 6.07) is 3.67. The fraction of sp³-hybridized carbons (Fsp3) is 0.312. The number of anilines is 1. The van der Waals surface area contributed by atoms with E-state index in [1.54, 1.807) is 6.07 Å². The van der Waals surface area contributed by atoms with E-state index < -0.39 is 0 Å². The van der Waals surface area contributed by atoms with Crippen LogP contribution < -0.4 is 5.32 Å². The molecule has 0 aliphatic carbocycles. The fourth-order valence-electron chi connectivity index (χ4n) is 2.38. The largest absolute Gasteiger partial charge is 0.303 e. The SMILES string of the molecule is CCc1nc2ccc(C(=O)Nc3nc(C)c(C)s3)cn2c1C. The summed E-state index contributed by atoms with van der Waals surface area (Å²) >= 11 is 1.49. The maximum Gasteiger partial charge on any atom is 0.258 e. The molecule has 3 aromatic heterocycles. The van der Waals surface area contributed by atoms with E-state index in [0.717, 1.165) is 34.0 Å². The minimum Gasteiger partial charge on any atom is -0.303 e. The van der Waals surface area contributed by atoms with E-state index >= 15 is 0 Å². The van der Waals surface area contributed by atoms with Crippen molar-refractivity contribution < 1.29 is 4.79 Å². The number of imidazole rings is 1. The average Bonchev–Trinajstić information content (AvgIpc) is 2.98. The molecule has 3 heterocycles. The molecule has 1 amide bonds. The van der Waals surface area contributed by atoms with E-state index in [1.807, 2.05) is 37.4 Å². The summed E-state index contributed by atoms with van der Waals surface area (Å²) < 4.78 is 1.96. The number of carbonyl (C=O) groups excluding carboxylic acids is 1. The third-order valence-corrected chi connectivity index (χ3v) is 4.79. The molecule has 0 radical (unpaired) electrons. The normalized spacial score (nSPS) is 11.1. The first-order chi connectivity index (χ1) is 10.5. The summed E-state index contributed by atoms with van der Waals surface area (Å²) in [6.07, 6.45) is 2.71. The van der Waals surface area contributed by atoms with Crippen molar-refractivity contribution in [3.63, 3.8) is 0 Å². The third kappa shape index (κ3) is 2.50. The van der Waals surface area contributed by atoms with Gasteiger partial charge in [0.15, 0.2) is 5.13 Å². The molecule has 22 heavy (non-hydrogen) atoms. The molecule has 0 bridgehead atoms. The van der Waals surface area contributed by atoms with Crippen molar-refractivity contribution in [2.45, 2.75) is 34.1 Å². The van der Waals surface area contributed by atoms with Gasteiger partial charge in [0, 0.05) is 16.8 Å². The van der Waals surface area contributed by atoms with E-state index in [0.29, 0.717) is 10.7 Å². The Morgan fingerprint density at radius 1 is 1.27 bits per heavy atom. The Hall–Kier alpha value is -2.21. The first-order valence-corrected chi connectivity index (χ1v) is 8.04. The number of thiazole rings is 1. The van der Waals surface area contributed by atoms with Crippen molar-refractivity contribution in [1.29, 1.82) is 0 Å². The first kappa shape index (κ1) is 14.7. The quantitative estimate of drug-likeness (QED) is 0.804. The van der Waals surface area contributed by atoms with Crippen molar-refractivity contribution >= 4 is 28.0 Å². The highest BCUT2D eigenvalue weighted by Crippen LogP contribution is 2.22. The lowest BCUT2D eigenvalue weighted by Gasteiger charge is -2.03. The van der Waals surface area contributed by atoms with Crippen LogP contribution in [0.3, 0.4) is 0 Å². The van der Waals surface area contributed by atoms with Crippen LogP contribution in [-0.2, 0) is 6.42 Å². The van der Waals surface area contributed by atoms with Gasteiger partial charge < -0.3 is 4.40 Å². The van der Waals surface area contributed by atoms with Crippen LogP contribution in [0.2, 0.25) is 0 Å². The van der Waals surface area contributed by atoms with Crippen LogP contribution in [-0.4, -0.2) is 20.3 Å². The molecule has 0 saturated heterocycles. The van der Waals surface area contributed by atoms with Gasteiger partial charge in [-0.1, -0.05) is 6.92 Å². The number of amides is 1. The van der Waals surface area contributed by atoms with Crippen LogP contribution in [0.4, 0.5) is 5.13 Å². The average molecular weight is 314 g/mol. The molecule has 0 fully saturated rings.